The van der Waals surface area contributed by atoms with Crippen LogP contribution >= 0.6 is 0 Å². The molecule has 0 aliphatic carbocycles. The lowest BCUT2D eigenvalue weighted by Gasteiger charge is -2.34. The van der Waals surface area contributed by atoms with Gasteiger partial charge in [0.2, 0.25) is 5.91 Å². The molecule has 0 bridgehead atoms. The number of likely N-dealkylation sites (tertiary alicyclic amines) is 1. The Kier molecular flexibility index (Phi) is 6.87. The lowest BCUT2D eigenvalue weighted by atomic mass is 9.84. The molecule has 2 N–H and O–H groups in total. The van der Waals surface area contributed by atoms with Crippen molar-refractivity contribution in [2.75, 3.05) is 27.3 Å². The normalized spacial score (nSPS) is 15.3. The number of hydrogen-bond acceptors (Lipinski definition) is 4. The highest BCUT2D eigenvalue weighted by atomic mass is 16.5. The van der Waals surface area contributed by atoms with Gasteiger partial charge in [-0.1, -0.05) is 25.1 Å². The van der Waals surface area contributed by atoms with Gasteiger partial charge in [0.15, 0.2) is 0 Å². The van der Waals surface area contributed by atoms with Crippen molar-refractivity contribution >= 4 is 22.7 Å². The Bertz CT molecular complexity index is 1100. The molecule has 2 heterocycles. The first-order chi connectivity index (χ1) is 16.0. The second kappa shape index (κ2) is 9.98. The highest BCUT2D eigenvalue weighted by Gasteiger charge is 2.30. The largest absolute Gasteiger partial charge is 0.497 e. The third-order valence-electron chi connectivity index (χ3n) is 6.66. The molecule has 4 rings (SSSR count). The number of nitrogens with one attached hydrogen (secondary N) is 2. The lowest BCUT2D eigenvalue weighted by Crippen LogP contribution is -2.42. The zero-order chi connectivity index (χ0) is 23.4. The monoisotopic (exact) mass is 449 g/mol. The molecule has 2 amide bonds. The van der Waals surface area contributed by atoms with Gasteiger partial charge in [-0.15, -0.1) is 0 Å². The van der Waals surface area contributed by atoms with Crippen LogP contribution in [-0.2, 0) is 11.3 Å². The Morgan fingerprint density at radius 2 is 1.85 bits per heavy atom. The second-order valence-electron chi connectivity index (χ2n) is 8.58. The molecule has 7 nitrogen and oxygen atoms in total. The highest BCUT2D eigenvalue weighted by Crippen LogP contribution is 2.28. The van der Waals surface area contributed by atoms with Crippen LogP contribution in [-0.4, -0.2) is 49.0 Å². The molecule has 0 spiro atoms. The average molecular weight is 450 g/mol. The molecule has 33 heavy (non-hydrogen) atoms. The zero-order valence-electron chi connectivity index (χ0n) is 19.4. The van der Waals surface area contributed by atoms with Crippen LogP contribution in [0.2, 0.25) is 0 Å². The Balaban J connectivity index is 1.30. The minimum atomic E-state index is -0.125. The molecule has 1 atom stereocenters. The Labute approximate surface area is 194 Å². The number of rotatable bonds is 7. The van der Waals surface area contributed by atoms with Crippen molar-refractivity contribution in [3.63, 3.8) is 0 Å². The van der Waals surface area contributed by atoms with E-state index in [0.717, 1.165) is 29.3 Å². The molecule has 3 aromatic rings. The third-order valence-corrected chi connectivity index (χ3v) is 6.66. The smallest absolute Gasteiger partial charge is 0.270 e. The first kappa shape index (κ1) is 22.7. The summed E-state index contributed by atoms with van der Waals surface area (Å²) in [4.78, 5) is 30.9. The maximum absolute atomic E-state index is 12.9. The van der Waals surface area contributed by atoms with Gasteiger partial charge in [0.25, 0.3) is 5.91 Å². The van der Waals surface area contributed by atoms with Gasteiger partial charge in [0.1, 0.15) is 17.2 Å². The lowest BCUT2D eigenvalue weighted by molar-refractivity contribution is -0.126. The van der Waals surface area contributed by atoms with E-state index < -0.39 is 0 Å². The maximum atomic E-state index is 12.9. The van der Waals surface area contributed by atoms with Crippen molar-refractivity contribution in [1.82, 2.24) is 15.2 Å². The van der Waals surface area contributed by atoms with Crippen LogP contribution in [0.3, 0.4) is 0 Å². The van der Waals surface area contributed by atoms with E-state index >= 15 is 0 Å². The molecule has 1 saturated heterocycles. The molecule has 7 heteroatoms. The van der Waals surface area contributed by atoms with Crippen molar-refractivity contribution in [2.24, 2.45) is 11.8 Å². The van der Waals surface area contributed by atoms with Crippen LogP contribution in [0.5, 0.6) is 11.5 Å². The van der Waals surface area contributed by atoms with E-state index in [9.17, 15) is 9.59 Å². The van der Waals surface area contributed by atoms with Crippen molar-refractivity contribution in [2.45, 2.75) is 26.3 Å². The Hall–Kier alpha value is -3.48. The van der Waals surface area contributed by atoms with E-state index in [4.69, 9.17) is 9.47 Å². The van der Waals surface area contributed by atoms with Gasteiger partial charge in [-0.3, -0.25) is 9.59 Å². The molecular formula is C26H31N3O4. The van der Waals surface area contributed by atoms with E-state index in [1.165, 1.54) is 0 Å². The van der Waals surface area contributed by atoms with Crippen LogP contribution in [0.15, 0.2) is 48.5 Å². The number of nitrogens with zero attached hydrogens (tertiary/aromatic N) is 1. The van der Waals surface area contributed by atoms with Crippen LogP contribution < -0.4 is 14.8 Å². The van der Waals surface area contributed by atoms with E-state index in [1.54, 1.807) is 14.2 Å². The predicted octanol–water partition coefficient (Wildman–Crippen LogP) is 3.99. The highest BCUT2D eigenvalue weighted by molar-refractivity contribution is 5.98. The fourth-order valence-corrected chi connectivity index (χ4v) is 4.52. The van der Waals surface area contributed by atoms with E-state index in [1.807, 2.05) is 60.4 Å². The molecule has 0 saturated carbocycles. The number of hydrogen-bond donors (Lipinski definition) is 2. The summed E-state index contributed by atoms with van der Waals surface area (Å²) in [5, 5.41) is 4.07. The van der Waals surface area contributed by atoms with Crippen molar-refractivity contribution in [3.8, 4) is 11.5 Å². The first-order valence-electron chi connectivity index (χ1n) is 11.4. The van der Waals surface area contributed by atoms with E-state index in [-0.39, 0.29) is 23.7 Å². The zero-order valence-corrected chi connectivity index (χ0v) is 19.4. The fourth-order valence-electron chi connectivity index (χ4n) is 4.52. The van der Waals surface area contributed by atoms with E-state index in [2.05, 4.69) is 10.3 Å². The quantitative estimate of drug-likeness (QED) is 0.571. The number of amides is 2. The minimum Gasteiger partial charge on any atom is -0.497 e. The van der Waals surface area contributed by atoms with Gasteiger partial charge in [-0.25, -0.2) is 0 Å². The summed E-state index contributed by atoms with van der Waals surface area (Å²) in [6.45, 7) is 3.68. The van der Waals surface area contributed by atoms with Crippen LogP contribution in [0.1, 0.15) is 35.8 Å². The summed E-state index contributed by atoms with van der Waals surface area (Å²) in [6, 6.07) is 15.4. The Morgan fingerprint density at radius 3 is 2.55 bits per heavy atom. The minimum absolute atomic E-state index is 0.0215. The predicted molar refractivity (Wildman–Crippen MR) is 127 cm³/mol. The number of benzene rings is 2. The molecule has 174 valence electrons. The van der Waals surface area contributed by atoms with Gasteiger partial charge in [0, 0.05) is 48.1 Å². The van der Waals surface area contributed by atoms with Crippen molar-refractivity contribution < 1.29 is 19.1 Å². The number of aromatic amines is 1. The summed E-state index contributed by atoms with van der Waals surface area (Å²) in [5.41, 5.74) is 2.49. The molecule has 0 radical (unpaired) electrons. The van der Waals surface area contributed by atoms with Crippen LogP contribution in [0.25, 0.3) is 10.9 Å². The van der Waals surface area contributed by atoms with E-state index in [0.29, 0.717) is 36.8 Å². The fraction of sp³-hybridized carbons (Fsp3) is 0.385. The van der Waals surface area contributed by atoms with Gasteiger partial charge in [-0.2, -0.15) is 0 Å². The van der Waals surface area contributed by atoms with Gasteiger partial charge < -0.3 is 24.7 Å². The third kappa shape index (κ3) is 4.97. The number of methoxy groups -OCH3 is 2. The number of para-hydroxylation sites is 1. The number of H-pyrrole nitrogens is 1. The molecule has 0 unspecified atom stereocenters. The van der Waals surface area contributed by atoms with Crippen molar-refractivity contribution in [3.05, 3.63) is 59.8 Å². The average Bonchev–Trinajstić information content (AvgIpc) is 3.30. The molecule has 1 aliphatic rings. The summed E-state index contributed by atoms with van der Waals surface area (Å²) < 4.78 is 10.6. The number of piperidine rings is 1. The number of carbonyl (C=O) groups is 2. The van der Waals surface area contributed by atoms with Crippen LogP contribution in [0.4, 0.5) is 0 Å². The van der Waals surface area contributed by atoms with Crippen LogP contribution in [0, 0.1) is 11.8 Å². The molecular weight excluding hydrogens is 418 g/mol. The molecule has 1 fully saturated rings. The topological polar surface area (TPSA) is 83.7 Å². The summed E-state index contributed by atoms with van der Waals surface area (Å²) >= 11 is 0. The summed E-state index contributed by atoms with van der Waals surface area (Å²) in [7, 11) is 3.21. The standard InChI is InChI=1S/C26H31N3O4/c1-17(25(30)27-16-20-8-9-21(32-2)15-24(20)33-3)18-10-12-29(13-11-18)26(31)23-14-19-6-4-5-7-22(19)28-23/h4-9,14-15,17-18,28H,10-13,16H2,1-3H3,(H,27,30)/t17-/m1/s1. The number of aromatic nitrogens is 1. The molecule has 2 aromatic carbocycles. The maximum Gasteiger partial charge on any atom is 0.270 e. The van der Waals surface area contributed by atoms with Gasteiger partial charge >= 0.3 is 0 Å². The van der Waals surface area contributed by atoms with Gasteiger partial charge in [-0.05, 0) is 43.0 Å². The summed E-state index contributed by atoms with van der Waals surface area (Å²) in [5.74, 6) is 1.56. The van der Waals surface area contributed by atoms with Gasteiger partial charge in [0.05, 0.1) is 14.2 Å². The second-order valence-corrected chi connectivity index (χ2v) is 8.58. The number of ether oxygens (including phenoxy) is 2. The number of fused-ring (bicyclic) bond motifs is 1. The summed E-state index contributed by atoms with van der Waals surface area (Å²) in [6.07, 6.45) is 1.62. The molecule has 1 aliphatic heterocycles. The molecule has 1 aromatic heterocycles. The van der Waals surface area contributed by atoms with Crippen molar-refractivity contribution in [1.29, 1.82) is 0 Å². The SMILES string of the molecule is COc1ccc(CNC(=O)[C@H](C)C2CCN(C(=O)c3cc4ccccc4[nH]3)CC2)c(OC)c1. The Morgan fingerprint density at radius 1 is 1.09 bits per heavy atom. The first-order valence-corrected chi connectivity index (χ1v) is 11.4. The number of carbonyl (C=O) groups excluding carboxylic acids is 2.